The van der Waals surface area contributed by atoms with Crippen LogP contribution in [-0.2, 0) is 4.74 Å². The quantitative estimate of drug-likeness (QED) is 0.430. The number of anilines is 3. The first-order valence-corrected chi connectivity index (χ1v) is 8.77. The Morgan fingerprint density at radius 1 is 1.18 bits per heavy atom. The minimum absolute atomic E-state index is 0.139. The number of benzene rings is 1. The van der Waals surface area contributed by atoms with Gasteiger partial charge in [0.2, 0.25) is 5.95 Å². The number of esters is 1. The molecule has 3 rings (SSSR count). The smallest absolute Gasteiger partial charge is 0.340 e. The van der Waals surface area contributed by atoms with E-state index in [1.807, 2.05) is 30.0 Å². The van der Waals surface area contributed by atoms with Crippen molar-refractivity contribution in [1.82, 2.24) is 9.97 Å². The maximum Gasteiger partial charge on any atom is 0.340 e. The first-order chi connectivity index (χ1) is 13.4. The van der Waals surface area contributed by atoms with Crippen LogP contribution in [0.5, 0.6) is 0 Å². The molecule has 10 nitrogen and oxygen atoms in total. The van der Waals surface area contributed by atoms with Gasteiger partial charge in [0.05, 0.1) is 23.3 Å². The highest BCUT2D eigenvalue weighted by Crippen LogP contribution is 2.28. The summed E-state index contributed by atoms with van der Waals surface area (Å²) in [6.45, 7) is 2.68. The molecule has 1 aromatic carbocycles. The second-order valence-electron chi connectivity index (χ2n) is 6.53. The van der Waals surface area contributed by atoms with Crippen LogP contribution >= 0.6 is 0 Å². The van der Waals surface area contributed by atoms with E-state index in [4.69, 9.17) is 4.74 Å². The van der Waals surface area contributed by atoms with Crippen molar-refractivity contribution < 1.29 is 14.5 Å². The predicted molar refractivity (Wildman–Crippen MR) is 105 cm³/mol. The summed E-state index contributed by atoms with van der Waals surface area (Å²) in [5.74, 6) is 0.895. The second-order valence-corrected chi connectivity index (χ2v) is 6.53. The van der Waals surface area contributed by atoms with E-state index in [1.165, 1.54) is 19.2 Å². The number of nitro groups is 1. The third kappa shape index (κ3) is 3.95. The minimum Gasteiger partial charge on any atom is -0.465 e. The van der Waals surface area contributed by atoms with Gasteiger partial charge in [0.1, 0.15) is 5.82 Å². The van der Waals surface area contributed by atoms with Gasteiger partial charge in [-0.3, -0.25) is 10.1 Å². The van der Waals surface area contributed by atoms with Crippen LogP contribution < -0.4 is 14.7 Å². The summed E-state index contributed by atoms with van der Waals surface area (Å²) < 4.78 is 4.81. The van der Waals surface area contributed by atoms with E-state index in [1.54, 1.807) is 12.3 Å². The molecule has 0 aliphatic carbocycles. The Balaban J connectivity index is 1.78. The maximum atomic E-state index is 12.1. The molecule has 1 fully saturated rings. The fourth-order valence-corrected chi connectivity index (χ4v) is 3.09. The van der Waals surface area contributed by atoms with Crippen LogP contribution in [-0.4, -0.2) is 68.2 Å². The van der Waals surface area contributed by atoms with Gasteiger partial charge in [0.15, 0.2) is 0 Å². The van der Waals surface area contributed by atoms with E-state index < -0.39 is 10.9 Å². The van der Waals surface area contributed by atoms with Gasteiger partial charge in [-0.1, -0.05) is 0 Å². The number of nitro benzene ring substituents is 1. The van der Waals surface area contributed by atoms with Crippen LogP contribution in [0, 0.1) is 10.1 Å². The average Bonchev–Trinajstić information content (AvgIpc) is 2.73. The minimum atomic E-state index is -0.590. The predicted octanol–water partition coefficient (Wildman–Crippen LogP) is 1.56. The van der Waals surface area contributed by atoms with Crippen LogP contribution in [0.25, 0.3) is 0 Å². The van der Waals surface area contributed by atoms with Crippen molar-refractivity contribution in [2.24, 2.45) is 0 Å². The van der Waals surface area contributed by atoms with Crippen LogP contribution in [0.2, 0.25) is 0 Å². The Labute approximate surface area is 162 Å². The van der Waals surface area contributed by atoms with Crippen molar-refractivity contribution in [2.45, 2.75) is 0 Å². The maximum absolute atomic E-state index is 12.1. The largest absolute Gasteiger partial charge is 0.465 e. The van der Waals surface area contributed by atoms with Gasteiger partial charge in [-0.2, -0.15) is 4.98 Å². The van der Waals surface area contributed by atoms with E-state index >= 15 is 0 Å². The van der Waals surface area contributed by atoms with Gasteiger partial charge in [-0.05, 0) is 12.1 Å². The van der Waals surface area contributed by atoms with E-state index in [0.29, 0.717) is 37.8 Å². The highest BCUT2D eigenvalue weighted by Gasteiger charge is 2.25. The first-order valence-electron chi connectivity index (χ1n) is 8.77. The summed E-state index contributed by atoms with van der Waals surface area (Å²) in [6, 6.07) is 6.15. The number of methoxy groups -OCH3 is 1. The van der Waals surface area contributed by atoms with Crippen LogP contribution in [0.3, 0.4) is 0 Å². The van der Waals surface area contributed by atoms with Crippen LogP contribution in [0.4, 0.5) is 23.1 Å². The van der Waals surface area contributed by atoms with Gasteiger partial charge in [-0.25, -0.2) is 9.78 Å². The number of aromatic nitrogens is 2. The number of hydrogen-bond donors (Lipinski definition) is 0. The van der Waals surface area contributed by atoms with Crippen molar-refractivity contribution in [3.8, 4) is 0 Å². The molecule has 1 aliphatic rings. The molecule has 0 amide bonds. The number of rotatable bonds is 5. The fourth-order valence-electron chi connectivity index (χ4n) is 3.09. The zero-order valence-electron chi connectivity index (χ0n) is 16.0. The highest BCUT2D eigenvalue weighted by atomic mass is 16.6. The lowest BCUT2D eigenvalue weighted by atomic mass is 10.1. The number of nitrogens with zero attached hydrogens (tertiary/aromatic N) is 6. The topological polar surface area (TPSA) is 105 Å². The van der Waals surface area contributed by atoms with Crippen molar-refractivity contribution >= 4 is 29.1 Å². The normalized spacial score (nSPS) is 14.0. The Morgan fingerprint density at radius 3 is 2.46 bits per heavy atom. The van der Waals surface area contributed by atoms with Gasteiger partial charge < -0.3 is 19.4 Å². The average molecular weight is 386 g/mol. The van der Waals surface area contributed by atoms with E-state index in [-0.39, 0.29) is 11.3 Å². The number of non-ortho nitro benzene ring substituents is 1. The van der Waals surface area contributed by atoms with Gasteiger partial charge >= 0.3 is 5.97 Å². The zero-order chi connectivity index (χ0) is 20.3. The lowest BCUT2D eigenvalue weighted by Gasteiger charge is -2.37. The second kappa shape index (κ2) is 8.07. The molecule has 2 heterocycles. The zero-order valence-corrected chi connectivity index (χ0v) is 16.0. The molecular formula is C18H22N6O4. The molecule has 10 heteroatoms. The van der Waals surface area contributed by atoms with E-state index in [2.05, 4.69) is 14.9 Å². The molecule has 0 saturated carbocycles. The molecule has 0 unspecified atom stereocenters. The number of hydrogen-bond acceptors (Lipinski definition) is 9. The highest BCUT2D eigenvalue weighted by molar-refractivity contribution is 5.96. The molecule has 0 radical (unpaired) electrons. The molecule has 1 aromatic heterocycles. The van der Waals surface area contributed by atoms with Crippen LogP contribution in [0.1, 0.15) is 10.4 Å². The SMILES string of the molecule is COC(=O)c1cc([N+](=O)[O-])ccc1N1CCN(c2ccnc(N(C)C)n2)CC1. The Bertz CT molecular complexity index is 880. The summed E-state index contributed by atoms with van der Waals surface area (Å²) in [5.41, 5.74) is 0.691. The summed E-state index contributed by atoms with van der Waals surface area (Å²) in [4.78, 5) is 37.5. The Hall–Kier alpha value is -3.43. The lowest BCUT2D eigenvalue weighted by molar-refractivity contribution is -0.384. The fraction of sp³-hybridized carbons (Fsp3) is 0.389. The first kappa shape index (κ1) is 19.3. The standard InChI is InChI=1S/C18H22N6O4/c1-21(2)18-19-7-6-16(20-18)23-10-8-22(9-11-23)15-5-4-13(24(26)27)12-14(15)17(25)28-3/h4-7,12H,8-11H2,1-3H3. The molecule has 2 aromatic rings. The molecule has 28 heavy (non-hydrogen) atoms. The molecular weight excluding hydrogens is 364 g/mol. The summed E-state index contributed by atoms with van der Waals surface area (Å²) in [5, 5.41) is 11.0. The number of piperazine rings is 1. The van der Waals surface area contributed by atoms with Gasteiger partial charge in [-0.15, -0.1) is 0 Å². The molecule has 1 saturated heterocycles. The van der Waals surface area contributed by atoms with Crippen molar-refractivity contribution in [3.63, 3.8) is 0 Å². The third-order valence-electron chi connectivity index (χ3n) is 4.57. The lowest BCUT2D eigenvalue weighted by Crippen LogP contribution is -2.47. The Kier molecular flexibility index (Phi) is 5.57. The van der Waals surface area contributed by atoms with Crippen molar-refractivity contribution in [2.75, 3.05) is 62.1 Å². The number of carbonyl (C=O) groups is 1. The van der Waals surface area contributed by atoms with Crippen LogP contribution in [0.15, 0.2) is 30.5 Å². The monoisotopic (exact) mass is 386 g/mol. The third-order valence-corrected chi connectivity index (χ3v) is 4.57. The molecule has 148 valence electrons. The number of ether oxygens (including phenoxy) is 1. The molecule has 0 atom stereocenters. The van der Waals surface area contributed by atoms with Crippen molar-refractivity contribution in [1.29, 1.82) is 0 Å². The molecule has 0 N–H and O–H groups in total. The summed E-state index contributed by atoms with van der Waals surface area (Å²) in [6.07, 6.45) is 1.73. The van der Waals surface area contributed by atoms with E-state index in [0.717, 1.165) is 5.82 Å². The summed E-state index contributed by atoms with van der Waals surface area (Å²) >= 11 is 0. The Morgan fingerprint density at radius 2 is 1.86 bits per heavy atom. The summed E-state index contributed by atoms with van der Waals surface area (Å²) in [7, 11) is 5.04. The van der Waals surface area contributed by atoms with Gasteiger partial charge in [0.25, 0.3) is 5.69 Å². The molecule has 1 aliphatic heterocycles. The van der Waals surface area contributed by atoms with E-state index in [9.17, 15) is 14.9 Å². The molecule has 0 spiro atoms. The van der Waals surface area contributed by atoms with Crippen molar-refractivity contribution in [3.05, 3.63) is 46.1 Å². The van der Waals surface area contributed by atoms with Gasteiger partial charge in [0, 0.05) is 58.6 Å². The number of carbonyl (C=O) groups excluding carboxylic acids is 1. The molecule has 0 bridgehead atoms.